The van der Waals surface area contributed by atoms with Gasteiger partial charge in [-0.15, -0.1) is 0 Å². The number of hydrogen-bond acceptors (Lipinski definition) is 5. The van der Waals surface area contributed by atoms with Crippen molar-refractivity contribution in [3.8, 4) is 11.5 Å². The van der Waals surface area contributed by atoms with Crippen molar-refractivity contribution in [3.05, 3.63) is 24.3 Å². The Morgan fingerprint density at radius 1 is 1.09 bits per heavy atom. The van der Waals surface area contributed by atoms with E-state index in [1.165, 1.54) is 0 Å². The van der Waals surface area contributed by atoms with Crippen molar-refractivity contribution in [2.45, 2.75) is 20.3 Å². The maximum absolute atomic E-state index is 11.6. The van der Waals surface area contributed by atoms with Gasteiger partial charge in [0.15, 0.2) is 11.7 Å². The summed E-state index contributed by atoms with van der Waals surface area (Å²) in [7, 11) is 1.57. The van der Waals surface area contributed by atoms with Crippen LogP contribution in [0.3, 0.4) is 0 Å². The summed E-state index contributed by atoms with van der Waals surface area (Å²) in [6.45, 7) is 3.66. The molecule has 0 spiro atoms. The van der Waals surface area contributed by atoms with Gasteiger partial charge in [0.2, 0.25) is 5.91 Å². The average molecular weight is 339 g/mol. The SMILES string of the molecule is COc1ccc(OCC(=O)NNC(=S)NC(=O)CC(C)C)cc1. The van der Waals surface area contributed by atoms with Crippen LogP contribution in [0.4, 0.5) is 0 Å². The summed E-state index contributed by atoms with van der Waals surface area (Å²) >= 11 is 4.89. The Balaban J connectivity index is 2.25. The van der Waals surface area contributed by atoms with Gasteiger partial charge in [0.1, 0.15) is 11.5 Å². The summed E-state index contributed by atoms with van der Waals surface area (Å²) < 4.78 is 10.3. The Bertz CT molecular complexity index is 546. The molecule has 1 aromatic rings. The van der Waals surface area contributed by atoms with Crippen LogP contribution in [0.15, 0.2) is 24.3 Å². The number of ether oxygens (including phenoxy) is 2. The van der Waals surface area contributed by atoms with Crippen LogP contribution >= 0.6 is 12.2 Å². The molecule has 0 unspecified atom stereocenters. The van der Waals surface area contributed by atoms with Gasteiger partial charge in [-0.1, -0.05) is 13.8 Å². The molecule has 0 aliphatic heterocycles. The molecule has 0 aliphatic rings. The molecule has 23 heavy (non-hydrogen) atoms. The third-order valence-electron chi connectivity index (χ3n) is 2.59. The van der Waals surface area contributed by atoms with Crippen LogP contribution < -0.4 is 25.6 Å². The highest BCUT2D eigenvalue weighted by molar-refractivity contribution is 7.80. The number of benzene rings is 1. The number of rotatable bonds is 6. The van der Waals surface area contributed by atoms with E-state index in [-0.39, 0.29) is 23.5 Å². The lowest BCUT2D eigenvalue weighted by molar-refractivity contribution is -0.124. The van der Waals surface area contributed by atoms with Crippen LogP contribution in [0.25, 0.3) is 0 Å². The first-order valence-electron chi connectivity index (χ1n) is 7.06. The first kappa shape index (κ1) is 18.7. The lowest BCUT2D eigenvalue weighted by atomic mass is 10.1. The van der Waals surface area contributed by atoms with E-state index in [9.17, 15) is 9.59 Å². The van der Waals surface area contributed by atoms with Crippen molar-refractivity contribution in [1.82, 2.24) is 16.2 Å². The van der Waals surface area contributed by atoms with Gasteiger partial charge in [-0.3, -0.25) is 20.4 Å². The third kappa shape index (κ3) is 8.01. The van der Waals surface area contributed by atoms with Crippen molar-refractivity contribution < 1.29 is 19.1 Å². The summed E-state index contributed by atoms with van der Waals surface area (Å²) in [4.78, 5) is 23.1. The molecular formula is C15H21N3O4S. The highest BCUT2D eigenvalue weighted by atomic mass is 32.1. The summed E-state index contributed by atoms with van der Waals surface area (Å²) in [5.74, 6) is 0.826. The minimum Gasteiger partial charge on any atom is -0.497 e. The molecule has 0 saturated carbocycles. The number of carbonyl (C=O) groups excluding carboxylic acids is 2. The predicted octanol–water partition coefficient (Wildman–Crippen LogP) is 1.14. The zero-order valence-electron chi connectivity index (χ0n) is 13.3. The second kappa shape index (κ2) is 9.62. The van der Waals surface area contributed by atoms with Crippen LogP contribution in [-0.2, 0) is 9.59 Å². The van der Waals surface area contributed by atoms with E-state index in [0.717, 1.165) is 0 Å². The first-order valence-corrected chi connectivity index (χ1v) is 7.47. The van der Waals surface area contributed by atoms with Gasteiger partial charge in [0.05, 0.1) is 7.11 Å². The fourth-order valence-electron chi connectivity index (χ4n) is 1.56. The van der Waals surface area contributed by atoms with E-state index < -0.39 is 5.91 Å². The van der Waals surface area contributed by atoms with Crippen molar-refractivity contribution in [3.63, 3.8) is 0 Å². The maximum Gasteiger partial charge on any atom is 0.276 e. The van der Waals surface area contributed by atoms with Crippen LogP contribution in [-0.4, -0.2) is 30.6 Å². The highest BCUT2D eigenvalue weighted by Crippen LogP contribution is 2.16. The second-order valence-electron chi connectivity index (χ2n) is 5.11. The quantitative estimate of drug-likeness (QED) is 0.532. The molecule has 0 aromatic heterocycles. The molecule has 126 valence electrons. The maximum atomic E-state index is 11.6. The van der Waals surface area contributed by atoms with Gasteiger partial charge in [-0.05, 0) is 42.4 Å². The number of nitrogens with one attached hydrogen (secondary N) is 3. The van der Waals surface area contributed by atoms with Crippen molar-refractivity contribution in [2.75, 3.05) is 13.7 Å². The molecule has 1 rings (SSSR count). The molecule has 7 nitrogen and oxygen atoms in total. The standard InChI is InChI=1S/C15H21N3O4S/c1-10(2)8-13(19)16-15(23)18-17-14(20)9-22-12-6-4-11(21-3)5-7-12/h4-7,10H,8-9H2,1-3H3,(H,17,20)(H2,16,18,19,23). The van der Waals surface area contributed by atoms with Crippen molar-refractivity contribution >= 4 is 29.1 Å². The Morgan fingerprint density at radius 2 is 1.70 bits per heavy atom. The van der Waals surface area contributed by atoms with Gasteiger partial charge in [-0.25, -0.2) is 0 Å². The van der Waals surface area contributed by atoms with Crippen LogP contribution in [0, 0.1) is 5.92 Å². The molecule has 3 N–H and O–H groups in total. The smallest absolute Gasteiger partial charge is 0.276 e. The topological polar surface area (TPSA) is 88.7 Å². The lowest BCUT2D eigenvalue weighted by Crippen LogP contribution is -2.49. The van der Waals surface area contributed by atoms with E-state index in [2.05, 4.69) is 16.2 Å². The molecule has 0 radical (unpaired) electrons. The Morgan fingerprint density at radius 3 is 2.26 bits per heavy atom. The van der Waals surface area contributed by atoms with Gasteiger partial charge in [0.25, 0.3) is 5.91 Å². The Labute approximate surface area is 140 Å². The van der Waals surface area contributed by atoms with E-state index in [1.54, 1.807) is 31.4 Å². The number of carbonyl (C=O) groups is 2. The normalized spacial score (nSPS) is 9.91. The van der Waals surface area contributed by atoms with Gasteiger partial charge in [0, 0.05) is 6.42 Å². The average Bonchev–Trinajstić information content (AvgIpc) is 2.50. The molecule has 8 heteroatoms. The summed E-state index contributed by atoms with van der Waals surface area (Å²) in [5, 5.41) is 2.50. The van der Waals surface area contributed by atoms with Crippen molar-refractivity contribution in [1.29, 1.82) is 0 Å². The van der Waals surface area contributed by atoms with Gasteiger partial charge < -0.3 is 14.8 Å². The fourth-order valence-corrected chi connectivity index (χ4v) is 1.73. The van der Waals surface area contributed by atoms with E-state index in [4.69, 9.17) is 21.7 Å². The second-order valence-corrected chi connectivity index (χ2v) is 5.52. The summed E-state index contributed by atoms with van der Waals surface area (Å²) in [6, 6.07) is 6.84. The van der Waals surface area contributed by atoms with Crippen molar-refractivity contribution in [2.24, 2.45) is 5.92 Å². The zero-order chi connectivity index (χ0) is 17.2. The fraction of sp³-hybridized carbons (Fsp3) is 0.400. The lowest BCUT2D eigenvalue weighted by Gasteiger charge is -2.12. The third-order valence-corrected chi connectivity index (χ3v) is 2.80. The molecule has 0 aliphatic carbocycles. The molecule has 0 fully saturated rings. The minimum absolute atomic E-state index is 0.0356. The van der Waals surface area contributed by atoms with E-state index in [0.29, 0.717) is 17.9 Å². The number of methoxy groups -OCH3 is 1. The van der Waals surface area contributed by atoms with Crippen LogP contribution in [0.2, 0.25) is 0 Å². The van der Waals surface area contributed by atoms with Crippen LogP contribution in [0.5, 0.6) is 11.5 Å². The summed E-state index contributed by atoms with van der Waals surface area (Å²) in [6.07, 6.45) is 0.357. The summed E-state index contributed by atoms with van der Waals surface area (Å²) in [5.41, 5.74) is 4.78. The monoisotopic (exact) mass is 339 g/mol. The van der Waals surface area contributed by atoms with Gasteiger partial charge in [-0.2, -0.15) is 0 Å². The zero-order valence-corrected chi connectivity index (χ0v) is 14.2. The number of hydrogen-bond donors (Lipinski definition) is 3. The highest BCUT2D eigenvalue weighted by Gasteiger charge is 2.08. The van der Waals surface area contributed by atoms with E-state index in [1.807, 2.05) is 13.8 Å². The predicted molar refractivity (Wildman–Crippen MR) is 90.0 cm³/mol. The molecule has 2 amide bonds. The molecule has 0 atom stereocenters. The molecule has 1 aromatic carbocycles. The molecule has 0 saturated heterocycles. The molecule has 0 heterocycles. The molecule has 0 bridgehead atoms. The largest absolute Gasteiger partial charge is 0.497 e. The van der Waals surface area contributed by atoms with Crippen LogP contribution in [0.1, 0.15) is 20.3 Å². The minimum atomic E-state index is -0.429. The number of thiocarbonyl (C=S) groups is 1. The molecular weight excluding hydrogens is 318 g/mol. The first-order chi connectivity index (χ1) is 10.9. The van der Waals surface area contributed by atoms with E-state index >= 15 is 0 Å². The number of hydrazine groups is 1. The number of amides is 2. The Kier molecular flexibility index (Phi) is 7.82. The van der Waals surface area contributed by atoms with Gasteiger partial charge >= 0.3 is 0 Å². The Hall–Kier alpha value is -2.35.